The maximum Gasteiger partial charge on any atom is 0.251 e. The van der Waals surface area contributed by atoms with Crippen LogP contribution < -0.4 is 15.5 Å². The summed E-state index contributed by atoms with van der Waals surface area (Å²) in [6, 6.07) is 20.4. The Kier molecular flexibility index (Phi) is 7.50. The smallest absolute Gasteiger partial charge is 0.251 e. The van der Waals surface area contributed by atoms with Gasteiger partial charge in [0.15, 0.2) is 23.5 Å². The molecule has 0 saturated carbocycles. The Labute approximate surface area is 218 Å². The summed E-state index contributed by atoms with van der Waals surface area (Å²) in [6.07, 6.45) is -1.53. The number of halogens is 1. The van der Waals surface area contributed by atoms with Crippen LogP contribution in [0.2, 0.25) is 5.28 Å². The molecule has 1 saturated heterocycles. The third-order valence-corrected chi connectivity index (χ3v) is 6.37. The molecule has 5 rings (SSSR count). The van der Waals surface area contributed by atoms with E-state index in [1.54, 1.807) is 6.92 Å². The van der Waals surface area contributed by atoms with Crippen molar-refractivity contribution < 1.29 is 19.5 Å². The van der Waals surface area contributed by atoms with Crippen molar-refractivity contribution in [1.29, 1.82) is 0 Å². The lowest BCUT2D eigenvalue weighted by Crippen LogP contribution is -2.45. The fraction of sp³-hybridized carbons (Fsp3) is 0.308. The molecule has 37 heavy (non-hydrogen) atoms. The van der Waals surface area contributed by atoms with Crippen molar-refractivity contribution in [2.24, 2.45) is 0 Å². The molecule has 0 bridgehead atoms. The number of carbonyl (C=O) groups is 1. The zero-order valence-corrected chi connectivity index (χ0v) is 20.9. The largest absolute Gasteiger partial charge is 0.402 e. The zero-order chi connectivity index (χ0) is 25.8. The topological polar surface area (TPSA) is 123 Å². The van der Waals surface area contributed by atoms with Gasteiger partial charge in [0.05, 0.1) is 6.61 Å². The number of hydrogen-bond donors (Lipinski definition) is 3. The molecule has 1 aliphatic heterocycles. The first-order valence-electron chi connectivity index (χ1n) is 12.0. The highest BCUT2D eigenvalue weighted by Crippen LogP contribution is 2.27. The third-order valence-electron chi connectivity index (χ3n) is 6.21. The van der Waals surface area contributed by atoms with Gasteiger partial charge in [-0.25, -0.2) is 4.98 Å². The average Bonchev–Trinajstić information content (AvgIpc) is 3.49. The Balaban J connectivity index is 1.37. The van der Waals surface area contributed by atoms with Gasteiger partial charge in [-0.3, -0.25) is 4.79 Å². The minimum atomic E-state index is -1.16. The van der Waals surface area contributed by atoms with Crippen LogP contribution in [0.5, 0.6) is 0 Å². The first-order valence-corrected chi connectivity index (χ1v) is 12.4. The summed E-state index contributed by atoms with van der Waals surface area (Å²) in [5, 5.41) is 16.6. The van der Waals surface area contributed by atoms with Gasteiger partial charge < -0.3 is 25.3 Å². The zero-order valence-electron chi connectivity index (χ0n) is 20.1. The molecule has 1 amide bonds. The van der Waals surface area contributed by atoms with E-state index in [9.17, 15) is 9.90 Å². The first-order chi connectivity index (χ1) is 18.0. The Hall–Kier alpha value is -3.73. The van der Waals surface area contributed by atoms with Crippen LogP contribution in [0.15, 0.2) is 67.0 Å². The molecule has 3 N–H and O–H groups in total. The molecule has 0 aliphatic carbocycles. The van der Waals surface area contributed by atoms with Crippen molar-refractivity contribution in [1.82, 2.24) is 25.0 Å². The Morgan fingerprint density at radius 1 is 1.16 bits per heavy atom. The lowest BCUT2D eigenvalue weighted by molar-refractivity contribution is -0.134. The van der Waals surface area contributed by atoms with E-state index >= 15 is 0 Å². The number of imidazole rings is 1. The Bertz CT molecular complexity index is 1310. The van der Waals surface area contributed by atoms with Crippen LogP contribution in [-0.2, 0) is 9.53 Å². The quantitative estimate of drug-likeness (QED) is 0.286. The standard InChI is InChI=1S/C26H27ClN6O4/c1-2-28-25(35)22-21(34)19(14-36-22)37-33-15-30-20-23(31-26(27)32-24(20)33)29-13-18(16-9-5-3-6-10-16)17-11-7-4-8-12-17/h3-12,15,18-19,21-22,34H,2,13-14H2,1H3,(H,28,35)(H,29,31,32)/t19-,21-,22-/m0/s1. The third kappa shape index (κ3) is 5.36. The molecule has 3 heterocycles. The van der Waals surface area contributed by atoms with Gasteiger partial charge in [-0.2, -0.15) is 14.7 Å². The fourth-order valence-corrected chi connectivity index (χ4v) is 4.55. The molecule has 2 aromatic carbocycles. The second kappa shape index (κ2) is 11.1. The van der Waals surface area contributed by atoms with Crippen LogP contribution in [-0.4, -0.2) is 68.7 Å². The minimum absolute atomic E-state index is 0.0137. The first kappa shape index (κ1) is 24.9. The van der Waals surface area contributed by atoms with Crippen molar-refractivity contribution in [3.8, 4) is 0 Å². The van der Waals surface area contributed by atoms with Gasteiger partial charge in [0.1, 0.15) is 12.4 Å². The number of hydrogen-bond acceptors (Lipinski definition) is 8. The van der Waals surface area contributed by atoms with E-state index in [-0.39, 0.29) is 23.7 Å². The number of benzene rings is 2. The van der Waals surface area contributed by atoms with Crippen molar-refractivity contribution in [2.75, 3.05) is 25.0 Å². The van der Waals surface area contributed by atoms with E-state index in [1.807, 2.05) is 36.4 Å². The normalized spacial score (nSPS) is 19.3. The molecule has 10 nitrogen and oxygen atoms in total. The number of fused-ring (bicyclic) bond motifs is 1. The van der Waals surface area contributed by atoms with E-state index in [0.29, 0.717) is 30.1 Å². The fourth-order valence-electron chi connectivity index (χ4n) is 4.39. The number of ether oxygens (including phenoxy) is 1. The van der Waals surface area contributed by atoms with Gasteiger partial charge in [0.25, 0.3) is 5.91 Å². The van der Waals surface area contributed by atoms with Gasteiger partial charge in [-0.1, -0.05) is 60.7 Å². The predicted octanol–water partition coefficient (Wildman–Crippen LogP) is 2.42. The van der Waals surface area contributed by atoms with Gasteiger partial charge >= 0.3 is 0 Å². The van der Waals surface area contributed by atoms with Crippen LogP contribution in [0, 0.1) is 0 Å². The second-order valence-corrected chi connectivity index (χ2v) is 8.96. The van der Waals surface area contributed by atoms with Crippen molar-refractivity contribution in [3.63, 3.8) is 0 Å². The predicted molar refractivity (Wildman–Crippen MR) is 138 cm³/mol. The molecule has 3 atom stereocenters. The summed E-state index contributed by atoms with van der Waals surface area (Å²) < 4.78 is 6.77. The molecule has 0 unspecified atom stereocenters. The molecular formula is C26H27ClN6O4. The maximum atomic E-state index is 12.1. The molecule has 192 valence electrons. The van der Waals surface area contributed by atoms with Crippen LogP contribution >= 0.6 is 11.6 Å². The molecule has 11 heteroatoms. The highest BCUT2D eigenvalue weighted by atomic mass is 35.5. The maximum absolute atomic E-state index is 12.1. The average molecular weight is 523 g/mol. The summed E-state index contributed by atoms with van der Waals surface area (Å²) in [6.45, 7) is 2.79. The lowest BCUT2D eigenvalue weighted by atomic mass is 9.91. The molecule has 1 aliphatic rings. The summed E-state index contributed by atoms with van der Waals surface area (Å²) >= 11 is 6.26. The van der Waals surface area contributed by atoms with Crippen LogP contribution in [0.1, 0.15) is 24.0 Å². The summed E-state index contributed by atoms with van der Waals surface area (Å²) in [5.74, 6) is 0.124. The number of anilines is 1. The molecular weight excluding hydrogens is 496 g/mol. The number of amides is 1. The lowest BCUT2D eigenvalue weighted by Gasteiger charge is -2.19. The van der Waals surface area contributed by atoms with Crippen LogP contribution in [0.25, 0.3) is 11.2 Å². The number of rotatable bonds is 9. The van der Waals surface area contributed by atoms with Crippen molar-refractivity contribution in [2.45, 2.75) is 31.2 Å². The van der Waals surface area contributed by atoms with Crippen molar-refractivity contribution >= 4 is 34.5 Å². The second-order valence-electron chi connectivity index (χ2n) is 8.62. The SMILES string of the molecule is CCNC(=O)[C@H]1OC[C@H](On2cnc3c(NCC(c4ccccc4)c4ccccc4)nc(Cl)nc32)[C@@H]1O. The van der Waals surface area contributed by atoms with Gasteiger partial charge in [-0.05, 0) is 29.7 Å². The van der Waals surface area contributed by atoms with E-state index in [1.165, 1.54) is 11.1 Å². The Morgan fingerprint density at radius 2 is 1.84 bits per heavy atom. The number of aliphatic hydroxyl groups excluding tert-OH is 1. The van der Waals surface area contributed by atoms with Crippen molar-refractivity contribution in [3.05, 3.63) is 83.4 Å². The number of aliphatic hydroxyl groups is 1. The number of aromatic nitrogens is 4. The van der Waals surface area contributed by atoms with E-state index in [4.69, 9.17) is 21.2 Å². The molecule has 4 aromatic rings. The van der Waals surface area contributed by atoms with E-state index in [2.05, 4.69) is 49.9 Å². The number of carbonyl (C=O) groups excluding carboxylic acids is 1. The number of nitrogens with zero attached hydrogens (tertiary/aromatic N) is 4. The summed E-state index contributed by atoms with van der Waals surface area (Å²) in [7, 11) is 0. The highest BCUT2D eigenvalue weighted by Gasteiger charge is 2.42. The van der Waals surface area contributed by atoms with E-state index < -0.39 is 18.3 Å². The summed E-state index contributed by atoms with van der Waals surface area (Å²) in [5.41, 5.74) is 3.09. The molecule has 0 spiro atoms. The molecule has 0 radical (unpaired) electrons. The van der Waals surface area contributed by atoms with E-state index in [0.717, 1.165) is 11.1 Å². The highest BCUT2D eigenvalue weighted by molar-refractivity contribution is 6.28. The van der Waals surface area contributed by atoms with Gasteiger partial charge in [0.2, 0.25) is 10.9 Å². The number of nitrogens with one attached hydrogen (secondary N) is 2. The van der Waals surface area contributed by atoms with Gasteiger partial charge in [0, 0.05) is 19.0 Å². The van der Waals surface area contributed by atoms with Crippen LogP contribution in [0.4, 0.5) is 5.82 Å². The Morgan fingerprint density at radius 3 is 2.49 bits per heavy atom. The van der Waals surface area contributed by atoms with Crippen LogP contribution in [0.3, 0.4) is 0 Å². The number of likely N-dealkylation sites (N-methyl/N-ethyl adjacent to an activating group) is 1. The van der Waals surface area contributed by atoms with Gasteiger partial charge in [-0.15, -0.1) is 0 Å². The summed E-state index contributed by atoms with van der Waals surface area (Å²) in [4.78, 5) is 31.1. The molecule has 1 fully saturated rings. The molecule has 2 aromatic heterocycles. The monoisotopic (exact) mass is 522 g/mol. The minimum Gasteiger partial charge on any atom is -0.402 e.